The molecule has 5 nitrogen and oxygen atoms in total. The Morgan fingerprint density at radius 2 is 1.81 bits per heavy atom. The maximum absolute atomic E-state index is 13.3. The van der Waals surface area contributed by atoms with E-state index in [0.717, 1.165) is 40.1 Å². The molecule has 1 fully saturated rings. The number of carbonyl (C=O) groups is 1. The van der Waals surface area contributed by atoms with E-state index in [2.05, 4.69) is 0 Å². The molecule has 0 spiro atoms. The molecule has 0 radical (unpaired) electrons. The minimum Gasteiger partial charge on any atom is -0.508 e. The SMILES string of the molecule is O=C1/C(=C/N2N=C(c3ccc(Cl)cc3)CC2c2ccccc2O)SC(=S)N1c1cccc(C(F)(F)F)c1. The van der Waals surface area contributed by atoms with Gasteiger partial charge in [-0.1, -0.05) is 72.0 Å². The summed E-state index contributed by atoms with van der Waals surface area (Å²) in [7, 11) is 0. The van der Waals surface area contributed by atoms with Gasteiger partial charge in [0.25, 0.3) is 5.91 Å². The van der Waals surface area contributed by atoms with E-state index in [1.807, 2.05) is 12.1 Å². The summed E-state index contributed by atoms with van der Waals surface area (Å²) in [4.78, 5) is 14.6. The van der Waals surface area contributed by atoms with Gasteiger partial charge in [0.1, 0.15) is 5.75 Å². The maximum atomic E-state index is 13.3. The molecule has 2 aliphatic rings. The molecule has 1 amide bonds. The van der Waals surface area contributed by atoms with Crippen LogP contribution in [0.5, 0.6) is 5.75 Å². The van der Waals surface area contributed by atoms with Crippen LogP contribution in [0.25, 0.3) is 0 Å². The zero-order valence-corrected chi connectivity index (χ0v) is 21.2. The standard InChI is InChI=1S/C26H17ClF3N3O2S2/c27-17-10-8-15(9-11-17)20-13-21(19-6-1-2-7-22(19)34)32(31-20)14-23-24(35)33(25(36)37-23)18-5-3-4-16(12-18)26(28,29)30/h1-12,14,21,34H,13H2/b23-14-. The highest BCUT2D eigenvalue weighted by atomic mass is 35.5. The van der Waals surface area contributed by atoms with Gasteiger partial charge >= 0.3 is 6.18 Å². The first-order chi connectivity index (χ1) is 17.6. The van der Waals surface area contributed by atoms with Gasteiger partial charge in [-0.2, -0.15) is 18.3 Å². The molecule has 1 N–H and O–H groups in total. The molecule has 2 heterocycles. The van der Waals surface area contributed by atoms with E-state index in [1.54, 1.807) is 41.4 Å². The van der Waals surface area contributed by atoms with Crippen molar-refractivity contribution in [1.29, 1.82) is 0 Å². The van der Waals surface area contributed by atoms with Crippen LogP contribution < -0.4 is 4.90 Å². The fourth-order valence-corrected chi connectivity index (χ4v) is 5.50. The van der Waals surface area contributed by atoms with Gasteiger partial charge in [-0.05, 0) is 42.0 Å². The van der Waals surface area contributed by atoms with E-state index in [0.29, 0.717) is 17.0 Å². The van der Waals surface area contributed by atoms with Crippen molar-refractivity contribution in [3.8, 4) is 5.75 Å². The van der Waals surface area contributed by atoms with Gasteiger partial charge < -0.3 is 5.11 Å². The molecule has 5 rings (SSSR count). The molecule has 11 heteroatoms. The Morgan fingerprint density at radius 3 is 2.51 bits per heavy atom. The highest BCUT2D eigenvalue weighted by Crippen LogP contribution is 2.41. The quantitative estimate of drug-likeness (QED) is 0.272. The first-order valence-electron chi connectivity index (χ1n) is 11.0. The summed E-state index contributed by atoms with van der Waals surface area (Å²) in [5.41, 5.74) is 1.32. The molecule has 3 aromatic rings. The van der Waals surface area contributed by atoms with Crippen molar-refractivity contribution in [2.24, 2.45) is 5.10 Å². The second-order valence-electron chi connectivity index (χ2n) is 8.26. The Labute approximate surface area is 224 Å². The molecule has 37 heavy (non-hydrogen) atoms. The first kappa shape index (κ1) is 25.3. The van der Waals surface area contributed by atoms with Crippen molar-refractivity contribution in [1.82, 2.24) is 5.01 Å². The third-order valence-corrected chi connectivity index (χ3v) is 7.43. The number of nitrogens with zero attached hydrogens (tertiary/aromatic N) is 3. The number of para-hydroxylation sites is 1. The third kappa shape index (κ3) is 5.09. The fraction of sp³-hybridized carbons (Fsp3) is 0.115. The summed E-state index contributed by atoms with van der Waals surface area (Å²) in [5, 5.41) is 17.4. The average Bonchev–Trinajstić information content (AvgIpc) is 3.39. The van der Waals surface area contributed by atoms with E-state index < -0.39 is 23.7 Å². The molecule has 1 unspecified atom stereocenters. The number of alkyl halides is 3. The zero-order chi connectivity index (χ0) is 26.3. The highest BCUT2D eigenvalue weighted by molar-refractivity contribution is 8.27. The molecule has 1 saturated heterocycles. The number of amides is 1. The number of phenolic OH excluding ortho intramolecular Hbond substituents is 1. The van der Waals surface area contributed by atoms with E-state index in [-0.39, 0.29) is 20.7 Å². The molecular formula is C26H17ClF3N3O2S2. The summed E-state index contributed by atoms with van der Waals surface area (Å²) in [6.45, 7) is 0. The van der Waals surface area contributed by atoms with Crippen molar-refractivity contribution in [3.63, 3.8) is 0 Å². The summed E-state index contributed by atoms with van der Waals surface area (Å²) < 4.78 is 39.8. The van der Waals surface area contributed by atoms with Crippen LogP contribution >= 0.6 is 35.6 Å². The smallest absolute Gasteiger partial charge is 0.416 e. The molecule has 188 valence electrons. The Morgan fingerprint density at radius 1 is 1.08 bits per heavy atom. The third-order valence-electron chi connectivity index (χ3n) is 5.89. The van der Waals surface area contributed by atoms with Crippen molar-refractivity contribution in [3.05, 3.63) is 106 Å². The second kappa shape index (κ2) is 9.85. The number of thiocarbonyl (C=S) groups is 1. The van der Waals surface area contributed by atoms with Crippen LogP contribution in [-0.4, -0.2) is 26.1 Å². The number of phenols is 1. The summed E-state index contributed by atoms with van der Waals surface area (Å²) in [6, 6.07) is 18.0. The lowest BCUT2D eigenvalue weighted by molar-refractivity contribution is -0.137. The predicted octanol–water partition coefficient (Wildman–Crippen LogP) is 7.12. The van der Waals surface area contributed by atoms with Gasteiger partial charge in [-0.3, -0.25) is 14.7 Å². The molecular weight excluding hydrogens is 543 g/mol. The number of halogens is 4. The average molecular weight is 560 g/mol. The van der Waals surface area contributed by atoms with Crippen molar-refractivity contribution in [2.75, 3.05) is 4.90 Å². The molecule has 2 aliphatic heterocycles. The van der Waals surface area contributed by atoms with Crippen LogP contribution in [-0.2, 0) is 11.0 Å². The normalized spacial score (nSPS) is 19.2. The molecule has 3 aromatic carbocycles. The van der Waals surface area contributed by atoms with Gasteiger partial charge in [-0.25, -0.2) is 0 Å². The minimum atomic E-state index is -4.56. The van der Waals surface area contributed by atoms with Gasteiger partial charge in [-0.15, -0.1) is 0 Å². The summed E-state index contributed by atoms with van der Waals surface area (Å²) in [5.74, 6) is -0.476. The number of hydrazone groups is 1. The van der Waals surface area contributed by atoms with Crippen LogP contribution in [0.15, 0.2) is 89.0 Å². The van der Waals surface area contributed by atoms with Crippen molar-refractivity contribution in [2.45, 2.75) is 18.6 Å². The first-order valence-corrected chi connectivity index (χ1v) is 12.6. The van der Waals surface area contributed by atoms with E-state index in [9.17, 15) is 23.1 Å². The zero-order valence-electron chi connectivity index (χ0n) is 18.8. The Kier molecular flexibility index (Phi) is 6.74. The second-order valence-corrected chi connectivity index (χ2v) is 10.4. The summed E-state index contributed by atoms with van der Waals surface area (Å²) >= 11 is 12.3. The lowest BCUT2D eigenvalue weighted by Gasteiger charge is -2.21. The number of hydrogen-bond acceptors (Lipinski definition) is 6. The molecule has 0 saturated carbocycles. The molecule has 1 atom stereocenters. The van der Waals surface area contributed by atoms with Crippen LogP contribution in [0.4, 0.5) is 18.9 Å². The summed E-state index contributed by atoms with van der Waals surface area (Å²) in [6.07, 6.45) is -2.60. The monoisotopic (exact) mass is 559 g/mol. The number of hydrogen-bond donors (Lipinski definition) is 1. The highest BCUT2D eigenvalue weighted by Gasteiger charge is 2.38. The van der Waals surface area contributed by atoms with Gasteiger partial charge in [0, 0.05) is 23.2 Å². The van der Waals surface area contributed by atoms with Gasteiger partial charge in [0.15, 0.2) is 4.32 Å². The van der Waals surface area contributed by atoms with Crippen LogP contribution in [0.3, 0.4) is 0 Å². The topological polar surface area (TPSA) is 56.1 Å². The molecule has 0 aliphatic carbocycles. The Hall–Kier alpha value is -3.34. The van der Waals surface area contributed by atoms with E-state index in [1.165, 1.54) is 18.3 Å². The number of anilines is 1. The number of carbonyl (C=O) groups excluding carboxylic acids is 1. The lowest BCUT2D eigenvalue weighted by Crippen LogP contribution is -2.28. The molecule has 0 aromatic heterocycles. The number of benzene rings is 3. The Bertz CT molecular complexity index is 1460. The van der Waals surface area contributed by atoms with E-state index >= 15 is 0 Å². The largest absolute Gasteiger partial charge is 0.508 e. The fourth-order valence-electron chi connectivity index (χ4n) is 4.11. The van der Waals surface area contributed by atoms with Crippen molar-refractivity contribution < 1.29 is 23.1 Å². The number of rotatable bonds is 4. The minimum absolute atomic E-state index is 0.0322. The number of aromatic hydroxyl groups is 1. The van der Waals surface area contributed by atoms with Crippen LogP contribution in [0, 0.1) is 0 Å². The maximum Gasteiger partial charge on any atom is 0.416 e. The molecule has 0 bridgehead atoms. The van der Waals surface area contributed by atoms with Crippen molar-refractivity contribution >= 4 is 57.2 Å². The van der Waals surface area contributed by atoms with E-state index in [4.69, 9.17) is 28.9 Å². The Balaban J connectivity index is 1.51. The lowest BCUT2D eigenvalue weighted by atomic mass is 9.98. The van der Waals surface area contributed by atoms with Crippen LogP contribution in [0.2, 0.25) is 5.02 Å². The predicted molar refractivity (Wildman–Crippen MR) is 142 cm³/mol. The van der Waals surface area contributed by atoms with Gasteiger partial charge in [0.05, 0.1) is 27.9 Å². The van der Waals surface area contributed by atoms with Gasteiger partial charge in [0.2, 0.25) is 0 Å². The van der Waals surface area contributed by atoms with Crippen LogP contribution in [0.1, 0.15) is 29.2 Å². The number of thioether (sulfide) groups is 1.